The largest absolute Gasteiger partial charge is 0.480 e. The zero-order chi connectivity index (χ0) is 16.4. The predicted octanol–water partition coefficient (Wildman–Crippen LogP) is 2.10. The van der Waals surface area contributed by atoms with Crippen LogP contribution in [0, 0.1) is 0 Å². The van der Waals surface area contributed by atoms with Crippen LogP contribution in [0.1, 0.15) is 24.8 Å². The number of hydrogen-bond acceptors (Lipinski definition) is 4. The molecule has 0 heterocycles. The molecular weight excluding hydrogens is 284 g/mol. The Balaban J connectivity index is 2.11. The van der Waals surface area contributed by atoms with Crippen LogP contribution in [-0.4, -0.2) is 48.8 Å². The molecule has 1 atom stereocenters. The number of carbonyl (C=O) groups excluding carboxylic acids is 1. The third-order valence-electron chi connectivity index (χ3n) is 3.29. The number of ether oxygens (including phenoxy) is 1. The minimum Gasteiger partial charge on any atom is -0.480 e. The molecule has 0 aliphatic rings. The summed E-state index contributed by atoms with van der Waals surface area (Å²) in [5.74, 6) is -0.819. The SMILES string of the molecule is CN(C)[C@@H](CCCCNC(=O)OCc1ccccc1)C(=O)O. The normalized spacial score (nSPS) is 12.0. The van der Waals surface area contributed by atoms with E-state index in [4.69, 9.17) is 9.84 Å². The number of hydrogen-bond donors (Lipinski definition) is 2. The van der Waals surface area contributed by atoms with E-state index in [0.29, 0.717) is 13.0 Å². The van der Waals surface area contributed by atoms with E-state index >= 15 is 0 Å². The van der Waals surface area contributed by atoms with Gasteiger partial charge in [-0.25, -0.2) is 4.79 Å². The van der Waals surface area contributed by atoms with Crippen LogP contribution < -0.4 is 5.32 Å². The summed E-state index contributed by atoms with van der Waals surface area (Å²) in [5.41, 5.74) is 0.938. The second kappa shape index (κ2) is 9.78. The molecule has 0 fully saturated rings. The molecule has 0 aliphatic carbocycles. The van der Waals surface area contributed by atoms with Crippen molar-refractivity contribution in [2.45, 2.75) is 31.9 Å². The number of nitrogens with one attached hydrogen (secondary N) is 1. The number of aliphatic carboxylic acids is 1. The Morgan fingerprint density at radius 3 is 2.50 bits per heavy atom. The standard InChI is InChI=1S/C16H24N2O4/c1-18(2)14(15(19)20)10-6-7-11-17-16(21)22-12-13-8-4-3-5-9-13/h3-5,8-9,14H,6-7,10-12H2,1-2H3,(H,17,21)(H,19,20)/t14-/m0/s1. The number of carbonyl (C=O) groups is 2. The van der Waals surface area contributed by atoms with Gasteiger partial charge in [0.1, 0.15) is 12.6 Å². The van der Waals surface area contributed by atoms with E-state index in [0.717, 1.165) is 18.4 Å². The quantitative estimate of drug-likeness (QED) is 0.683. The van der Waals surface area contributed by atoms with Crippen molar-refractivity contribution in [2.24, 2.45) is 0 Å². The van der Waals surface area contributed by atoms with Gasteiger partial charge in [-0.3, -0.25) is 9.69 Å². The first-order valence-electron chi connectivity index (χ1n) is 7.34. The number of unbranched alkanes of at least 4 members (excludes halogenated alkanes) is 1. The van der Waals surface area contributed by atoms with E-state index < -0.39 is 18.1 Å². The average Bonchev–Trinajstić information content (AvgIpc) is 2.49. The highest BCUT2D eigenvalue weighted by Gasteiger charge is 2.18. The fourth-order valence-corrected chi connectivity index (χ4v) is 2.03. The monoisotopic (exact) mass is 308 g/mol. The molecule has 1 aromatic carbocycles. The molecule has 0 saturated carbocycles. The summed E-state index contributed by atoms with van der Waals surface area (Å²) in [6.45, 7) is 0.724. The molecule has 2 N–H and O–H groups in total. The molecule has 0 saturated heterocycles. The molecule has 0 radical (unpaired) electrons. The molecule has 0 aliphatic heterocycles. The van der Waals surface area contributed by atoms with Crippen LogP contribution in [0.3, 0.4) is 0 Å². The Hall–Kier alpha value is -2.08. The number of alkyl carbamates (subject to hydrolysis) is 1. The third-order valence-corrected chi connectivity index (χ3v) is 3.29. The highest BCUT2D eigenvalue weighted by atomic mass is 16.5. The van der Waals surface area contributed by atoms with Crippen LogP contribution in [0.4, 0.5) is 4.79 Å². The number of nitrogens with zero attached hydrogens (tertiary/aromatic N) is 1. The van der Waals surface area contributed by atoms with Gasteiger partial charge < -0.3 is 15.2 Å². The summed E-state index contributed by atoms with van der Waals surface area (Å²) in [4.78, 5) is 24.2. The first-order valence-corrected chi connectivity index (χ1v) is 7.34. The molecule has 0 unspecified atom stereocenters. The van der Waals surface area contributed by atoms with Gasteiger partial charge in [-0.2, -0.15) is 0 Å². The topological polar surface area (TPSA) is 78.9 Å². The maximum atomic E-state index is 11.5. The minimum absolute atomic E-state index is 0.244. The molecule has 6 nitrogen and oxygen atoms in total. The van der Waals surface area contributed by atoms with E-state index in [1.807, 2.05) is 30.3 Å². The van der Waals surface area contributed by atoms with E-state index in [1.54, 1.807) is 19.0 Å². The second-order valence-electron chi connectivity index (χ2n) is 5.30. The maximum Gasteiger partial charge on any atom is 0.407 e. The lowest BCUT2D eigenvalue weighted by Crippen LogP contribution is -2.35. The minimum atomic E-state index is -0.819. The molecule has 6 heteroatoms. The van der Waals surface area contributed by atoms with Crippen LogP contribution >= 0.6 is 0 Å². The highest BCUT2D eigenvalue weighted by Crippen LogP contribution is 2.06. The smallest absolute Gasteiger partial charge is 0.407 e. The van der Waals surface area contributed by atoms with Crippen LogP contribution in [0.5, 0.6) is 0 Å². The van der Waals surface area contributed by atoms with E-state index in [-0.39, 0.29) is 6.61 Å². The molecule has 0 spiro atoms. The lowest BCUT2D eigenvalue weighted by atomic mass is 10.1. The first kappa shape index (κ1) is 18.0. The van der Waals surface area contributed by atoms with Gasteiger partial charge in [-0.1, -0.05) is 30.3 Å². The van der Waals surface area contributed by atoms with Gasteiger partial charge in [0.25, 0.3) is 0 Å². The molecule has 1 rings (SSSR count). The number of likely N-dealkylation sites (N-methyl/N-ethyl adjacent to an activating group) is 1. The molecule has 1 amide bonds. The zero-order valence-electron chi connectivity index (χ0n) is 13.1. The van der Waals surface area contributed by atoms with Gasteiger partial charge >= 0.3 is 12.1 Å². The molecule has 1 aromatic rings. The van der Waals surface area contributed by atoms with Crippen LogP contribution in [0.15, 0.2) is 30.3 Å². The molecule has 22 heavy (non-hydrogen) atoms. The summed E-state index contributed by atoms with van der Waals surface area (Å²) in [6.07, 6.45) is 1.56. The lowest BCUT2D eigenvalue weighted by molar-refractivity contribution is -0.142. The highest BCUT2D eigenvalue weighted by molar-refractivity contribution is 5.73. The number of rotatable bonds is 9. The summed E-state index contributed by atoms with van der Waals surface area (Å²) in [6, 6.07) is 8.98. The van der Waals surface area contributed by atoms with Crippen molar-refractivity contribution in [1.29, 1.82) is 0 Å². The predicted molar refractivity (Wildman–Crippen MR) is 83.6 cm³/mol. The Labute approximate surface area is 131 Å². The average molecular weight is 308 g/mol. The fourth-order valence-electron chi connectivity index (χ4n) is 2.03. The van der Waals surface area contributed by atoms with Crippen molar-refractivity contribution in [3.8, 4) is 0 Å². The van der Waals surface area contributed by atoms with Crippen molar-refractivity contribution >= 4 is 12.1 Å². The summed E-state index contributed by atoms with van der Waals surface area (Å²) < 4.78 is 5.08. The number of carboxylic acids is 1. The Bertz CT molecular complexity index is 462. The molecule has 0 bridgehead atoms. The van der Waals surface area contributed by atoms with Crippen LogP contribution in [0.25, 0.3) is 0 Å². The summed E-state index contributed by atoms with van der Waals surface area (Å²) in [5, 5.41) is 11.7. The van der Waals surface area contributed by atoms with Crippen molar-refractivity contribution in [1.82, 2.24) is 10.2 Å². The second-order valence-corrected chi connectivity index (χ2v) is 5.30. The lowest BCUT2D eigenvalue weighted by Gasteiger charge is -2.19. The van der Waals surface area contributed by atoms with Gasteiger partial charge in [0, 0.05) is 6.54 Å². The molecule has 122 valence electrons. The Morgan fingerprint density at radius 1 is 1.23 bits per heavy atom. The van der Waals surface area contributed by atoms with E-state index in [2.05, 4.69) is 5.32 Å². The van der Waals surface area contributed by atoms with Crippen LogP contribution in [-0.2, 0) is 16.1 Å². The van der Waals surface area contributed by atoms with Gasteiger partial charge in [0.2, 0.25) is 0 Å². The number of amides is 1. The number of carboxylic acid groups (broad SMARTS) is 1. The summed E-state index contributed by atoms with van der Waals surface area (Å²) in [7, 11) is 3.50. The van der Waals surface area contributed by atoms with Crippen LogP contribution in [0.2, 0.25) is 0 Å². The van der Waals surface area contributed by atoms with E-state index in [1.165, 1.54) is 0 Å². The van der Waals surface area contributed by atoms with E-state index in [9.17, 15) is 9.59 Å². The molecule has 0 aromatic heterocycles. The van der Waals surface area contributed by atoms with Gasteiger partial charge in [0.05, 0.1) is 0 Å². The van der Waals surface area contributed by atoms with Gasteiger partial charge in [-0.15, -0.1) is 0 Å². The Morgan fingerprint density at radius 2 is 1.91 bits per heavy atom. The van der Waals surface area contributed by atoms with Crippen molar-refractivity contribution in [3.63, 3.8) is 0 Å². The summed E-state index contributed by atoms with van der Waals surface area (Å²) >= 11 is 0. The zero-order valence-corrected chi connectivity index (χ0v) is 13.1. The molecular formula is C16H24N2O4. The maximum absolute atomic E-state index is 11.5. The number of benzene rings is 1. The van der Waals surface area contributed by atoms with Crippen molar-refractivity contribution in [2.75, 3.05) is 20.6 Å². The Kier molecular flexibility index (Phi) is 7.99. The third kappa shape index (κ3) is 7.08. The fraction of sp³-hybridized carbons (Fsp3) is 0.500. The van der Waals surface area contributed by atoms with Gasteiger partial charge in [0.15, 0.2) is 0 Å². The van der Waals surface area contributed by atoms with Crippen molar-refractivity contribution in [3.05, 3.63) is 35.9 Å². The van der Waals surface area contributed by atoms with Gasteiger partial charge in [-0.05, 0) is 38.9 Å². The first-order chi connectivity index (χ1) is 10.5. The van der Waals surface area contributed by atoms with Crippen molar-refractivity contribution < 1.29 is 19.4 Å².